The minimum Gasteiger partial charge on any atom is -0.480 e. The first kappa shape index (κ1) is 25.4. The summed E-state index contributed by atoms with van der Waals surface area (Å²) in [5.41, 5.74) is 10.9. The van der Waals surface area contributed by atoms with Crippen molar-refractivity contribution in [2.45, 2.75) is 19.7 Å². The van der Waals surface area contributed by atoms with Crippen molar-refractivity contribution in [1.29, 1.82) is 5.41 Å². The number of carboxylic acid groups (broad SMARTS) is 1. The number of alkyl halides is 3. The summed E-state index contributed by atoms with van der Waals surface area (Å²) in [5, 5.41) is 18.6. The van der Waals surface area contributed by atoms with Crippen LogP contribution in [0.5, 0.6) is 5.88 Å². The number of amidine groups is 1. The highest BCUT2D eigenvalue weighted by atomic mass is 19.4. The van der Waals surface area contributed by atoms with E-state index in [9.17, 15) is 18.0 Å². The van der Waals surface area contributed by atoms with Gasteiger partial charge in [-0.3, -0.25) is 10.2 Å². The molecule has 0 saturated carbocycles. The molecule has 6 N–H and O–H groups in total. The molecule has 0 aliphatic rings. The van der Waals surface area contributed by atoms with Gasteiger partial charge in [0.25, 0.3) is 0 Å². The number of aromatic nitrogens is 1. The average molecular weight is 441 g/mol. The van der Waals surface area contributed by atoms with Gasteiger partial charge in [-0.15, -0.1) is 0 Å². The third-order valence-corrected chi connectivity index (χ3v) is 3.42. The Morgan fingerprint density at radius 2 is 1.84 bits per heavy atom. The maximum Gasteiger partial charge on any atom is 0.416 e. The van der Waals surface area contributed by atoms with Gasteiger partial charge in [0.2, 0.25) is 5.88 Å². The molecule has 0 spiro atoms. The number of oxime groups is 1. The molecule has 0 bridgehead atoms. The molecular weight excluding hydrogens is 419 g/mol. The number of ether oxygens (including phenoxy) is 1. The van der Waals surface area contributed by atoms with Gasteiger partial charge in [0.1, 0.15) is 19.0 Å². The number of benzene rings is 1. The summed E-state index contributed by atoms with van der Waals surface area (Å²) >= 11 is 0. The van der Waals surface area contributed by atoms with Crippen LogP contribution in [0.4, 0.5) is 13.2 Å². The van der Waals surface area contributed by atoms with Crippen LogP contribution in [0.1, 0.15) is 23.6 Å². The lowest BCUT2D eigenvalue weighted by atomic mass is 10.1. The molecule has 0 saturated heterocycles. The van der Waals surface area contributed by atoms with E-state index in [1.54, 1.807) is 19.1 Å². The summed E-state index contributed by atoms with van der Waals surface area (Å²) < 4.78 is 42.7. The molecular formula is C19H22F3N5O4. The average Bonchev–Trinajstić information content (AvgIpc) is 2.72. The highest BCUT2D eigenvalue weighted by molar-refractivity contribution is 5.98. The number of rotatable bonds is 8. The second-order valence-corrected chi connectivity index (χ2v) is 5.94. The van der Waals surface area contributed by atoms with Gasteiger partial charge in [-0.2, -0.15) is 13.2 Å². The van der Waals surface area contributed by atoms with Crippen molar-refractivity contribution in [1.82, 2.24) is 4.98 Å². The summed E-state index contributed by atoms with van der Waals surface area (Å²) in [6, 6.07) is 8.00. The largest absolute Gasteiger partial charge is 0.480 e. The number of carbonyl (C=O) groups is 1. The van der Waals surface area contributed by atoms with Crippen LogP contribution in [-0.2, 0) is 22.4 Å². The molecule has 12 heteroatoms. The quantitative estimate of drug-likeness (QED) is 0.278. The fourth-order valence-corrected chi connectivity index (χ4v) is 1.88. The van der Waals surface area contributed by atoms with Crippen LogP contribution in [0, 0.1) is 5.41 Å². The highest BCUT2D eigenvalue weighted by Gasteiger charge is 2.29. The standard InChI is InChI=1S/C17H17F3N4O2.C2H5NO2/c1-11(13-4-7-16(23-8-13)25-10-15(21)22)24-26-9-12-2-5-14(6-3-12)17(18,19)20;3-1-2(4)5/h2-8H,9-10H2,1H3,(H3,21,22);1,3H2,(H,4,5)/b24-11+;. The first-order chi connectivity index (χ1) is 14.5. The van der Waals surface area contributed by atoms with E-state index in [2.05, 4.69) is 15.9 Å². The molecule has 0 fully saturated rings. The second-order valence-electron chi connectivity index (χ2n) is 5.94. The van der Waals surface area contributed by atoms with Gasteiger partial charge in [-0.25, -0.2) is 4.98 Å². The molecule has 2 aromatic rings. The number of nitrogens with two attached hydrogens (primary N) is 2. The molecule has 0 aliphatic carbocycles. The lowest BCUT2D eigenvalue weighted by Crippen LogP contribution is -2.19. The Labute approximate surface area is 176 Å². The van der Waals surface area contributed by atoms with E-state index in [1.807, 2.05) is 0 Å². The molecule has 2 rings (SSSR count). The van der Waals surface area contributed by atoms with Gasteiger partial charge in [0.05, 0.1) is 17.8 Å². The lowest BCUT2D eigenvalue weighted by Gasteiger charge is -2.07. The zero-order chi connectivity index (χ0) is 23.4. The maximum absolute atomic E-state index is 12.5. The summed E-state index contributed by atoms with van der Waals surface area (Å²) in [7, 11) is 0. The predicted octanol–water partition coefficient (Wildman–Crippen LogP) is 2.39. The Balaban J connectivity index is 0.000000861. The molecule has 1 heterocycles. The third kappa shape index (κ3) is 10.1. The van der Waals surface area contributed by atoms with E-state index >= 15 is 0 Å². The van der Waals surface area contributed by atoms with E-state index in [4.69, 9.17) is 25.8 Å². The number of hydrogen-bond acceptors (Lipinski definition) is 7. The monoisotopic (exact) mass is 441 g/mol. The summed E-state index contributed by atoms with van der Waals surface area (Å²) in [6.07, 6.45) is -2.84. The van der Waals surface area contributed by atoms with E-state index in [-0.39, 0.29) is 25.6 Å². The predicted molar refractivity (Wildman–Crippen MR) is 107 cm³/mol. The van der Waals surface area contributed by atoms with Gasteiger partial charge in [0.15, 0.2) is 0 Å². The number of aliphatic carboxylic acids is 1. The van der Waals surface area contributed by atoms with Crippen molar-refractivity contribution in [3.05, 3.63) is 59.3 Å². The fourth-order valence-electron chi connectivity index (χ4n) is 1.88. The van der Waals surface area contributed by atoms with Crippen LogP contribution in [-0.4, -0.2) is 40.8 Å². The van der Waals surface area contributed by atoms with E-state index in [0.717, 1.165) is 12.1 Å². The first-order valence-corrected chi connectivity index (χ1v) is 8.69. The summed E-state index contributed by atoms with van der Waals surface area (Å²) in [5.74, 6) is -0.752. The molecule has 0 aliphatic heterocycles. The number of nitrogens with one attached hydrogen (secondary N) is 1. The van der Waals surface area contributed by atoms with Gasteiger partial charge in [-0.1, -0.05) is 17.3 Å². The molecule has 0 unspecified atom stereocenters. The fraction of sp³-hybridized carbons (Fsp3) is 0.263. The van der Waals surface area contributed by atoms with Gasteiger partial charge in [0, 0.05) is 17.8 Å². The third-order valence-electron chi connectivity index (χ3n) is 3.42. The van der Waals surface area contributed by atoms with Crippen LogP contribution < -0.4 is 16.2 Å². The molecule has 0 amide bonds. The Kier molecular flexibility index (Phi) is 9.92. The molecule has 1 aromatic heterocycles. The van der Waals surface area contributed by atoms with Crippen molar-refractivity contribution in [2.24, 2.45) is 16.6 Å². The maximum atomic E-state index is 12.5. The molecule has 0 atom stereocenters. The smallest absolute Gasteiger partial charge is 0.416 e. The normalized spacial score (nSPS) is 11.2. The number of halogens is 3. The minimum atomic E-state index is -4.36. The SMILES string of the molecule is C/C(=N\OCc1ccc(C(F)(F)F)cc1)c1ccc(OCC(=N)N)nc1.NCC(=O)O. The minimum absolute atomic E-state index is 0.0444. The molecule has 31 heavy (non-hydrogen) atoms. The molecule has 168 valence electrons. The van der Waals surface area contributed by atoms with E-state index in [0.29, 0.717) is 22.7 Å². The van der Waals surface area contributed by atoms with Gasteiger partial charge in [-0.05, 0) is 30.7 Å². The van der Waals surface area contributed by atoms with Crippen molar-refractivity contribution < 1.29 is 32.6 Å². The van der Waals surface area contributed by atoms with Crippen LogP contribution in [0.2, 0.25) is 0 Å². The first-order valence-electron chi connectivity index (χ1n) is 8.69. The molecule has 0 radical (unpaired) electrons. The number of carboxylic acids is 1. The summed E-state index contributed by atoms with van der Waals surface area (Å²) in [4.78, 5) is 18.5. The molecule has 1 aromatic carbocycles. The Morgan fingerprint density at radius 1 is 1.23 bits per heavy atom. The van der Waals surface area contributed by atoms with Crippen molar-refractivity contribution in [3.8, 4) is 5.88 Å². The van der Waals surface area contributed by atoms with Crippen LogP contribution in [0.15, 0.2) is 47.8 Å². The molecule has 9 nitrogen and oxygen atoms in total. The van der Waals surface area contributed by atoms with Crippen LogP contribution in [0.25, 0.3) is 0 Å². The lowest BCUT2D eigenvalue weighted by molar-refractivity contribution is -0.137. The zero-order valence-electron chi connectivity index (χ0n) is 16.5. The highest BCUT2D eigenvalue weighted by Crippen LogP contribution is 2.29. The number of pyridine rings is 1. The van der Waals surface area contributed by atoms with Crippen molar-refractivity contribution in [3.63, 3.8) is 0 Å². The topological polar surface area (TPSA) is 157 Å². The van der Waals surface area contributed by atoms with Crippen LogP contribution >= 0.6 is 0 Å². The Bertz CT molecular complexity index is 885. The summed E-state index contributed by atoms with van der Waals surface area (Å²) in [6.45, 7) is 1.43. The second kappa shape index (κ2) is 12.1. The van der Waals surface area contributed by atoms with Crippen molar-refractivity contribution >= 4 is 17.5 Å². The van der Waals surface area contributed by atoms with Gasteiger partial charge < -0.3 is 26.1 Å². The Morgan fingerprint density at radius 3 is 2.29 bits per heavy atom. The zero-order valence-corrected chi connectivity index (χ0v) is 16.5. The Hall–Kier alpha value is -3.67. The number of hydrogen-bond donors (Lipinski definition) is 4. The van der Waals surface area contributed by atoms with Crippen molar-refractivity contribution in [2.75, 3.05) is 13.2 Å². The van der Waals surface area contributed by atoms with Gasteiger partial charge >= 0.3 is 12.1 Å². The van der Waals surface area contributed by atoms with E-state index < -0.39 is 17.7 Å². The van der Waals surface area contributed by atoms with Crippen LogP contribution in [0.3, 0.4) is 0 Å². The number of nitrogens with zero attached hydrogens (tertiary/aromatic N) is 2. The van der Waals surface area contributed by atoms with E-state index in [1.165, 1.54) is 18.3 Å².